The summed E-state index contributed by atoms with van der Waals surface area (Å²) in [5.41, 5.74) is 6.22. The molecule has 3 aromatic carbocycles. The van der Waals surface area contributed by atoms with Crippen LogP contribution >= 0.6 is 0 Å². The summed E-state index contributed by atoms with van der Waals surface area (Å²) in [6.07, 6.45) is 0. The smallest absolute Gasteiger partial charge is 0.489 e. The van der Waals surface area contributed by atoms with Crippen LogP contribution in [0.25, 0.3) is 11.1 Å². The van der Waals surface area contributed by atoms with Crippen LogP contribution in [0.4, 0.5) is 0 Å². The zero-order valence-electron chi connectivity index (χ0n) is 13.8. The highest BCUT2D eigenvalue weighted by Crippen LogP contribution is 2.27. The molecule has 0 radical (unpaired) electrons. The van der Waals surface area contributed by atoms with E-state index in [1.165, 1.54) is 22.3 Å². The molecule has 0 aliphatic heterocycles. The third-order valence-electron chi connectivity index (χ3n) is 4.05. The minimum Gasteiger partial charge on any atom is -0.489 e. The molecule has 2 nitrogen and oxygen atoms in total. The van der Waals surface area contributed by atoms with Crippen LogP contribution in [0.2, 0.25) is 0 Å². The van der Waals surface area contributed by atoms with Crippen molar-refractivity contribution in [3.8, 4) is 16.9 Å². The fraction of sp³-hybridized carbons (Fsp3) is 0.143. The predicted octanol–water partition coefficient (Wildman–Crippen LogP) is 5.34. The molecule has 0 bridgehead atoms. The Balaban J connectivity index is 1.71. The normalized spacial score (nSPS) is 10.4. The second kappa shape index (κ2) is 7.37. The highest BCUT2D eigenvalue weighted by molar-refractivity contribution is 7.65. The van der Waals surface area contributed by atoms with Gasteiger partial charge in [-0.3, -0.25) is 0 Å². The minimum absolute atomic E-state index is 0.488. The fourth-order valence-electron chi connectivity index (χ4n) is 2.80. The summed E-state index contributed by atoms with van der Waals surface area (Å²) in [5.74, 6) is 0.770. The molecule has 0 aliphatic carbocycles. The molecule has 3 aromatic rings. The van der Waals surface area contributed by atoms with Crippen molar-refractivity contribution in [2.45, 2.75) is 25.3 Å². The van der Waals surface area contributed by atoms with E-state index in [-0.39, 0.29) is 0 Å². The van der Waals surface area contributed by atoms with Gasteiger partial charge in [-0.1, -0.05) is 42.5 Å². The van der Waals surface area contributed by atoms with E-state index in [9.17, 15) is 4.21 Å². The van der Waals surface area contributed by atoms with Crippen LogP contribution in [-0.4, -0.2) is 0 Å². The lowest BCUT2D eigenvalue weighted by Crippen LogP contribution is -1.95. The van der Waals surface area contributed by atoms with E-state index in [0.29, 0.717) is 23.2 Å². The number of hydrogen-bond donors (Lipinski definition) is 0. The molecule has 0 atom stereocenters. The lowest BCUT2D eigenvalue weighted by molar-refractivity contribution is 0.306. The van der Waals surface area contributed by atoms with E-state index in [4.69, 9.17) is 4.74 Å². The van der Waals surface area contributed by atoms with Crippen molar-refractivity contribution >= 4 is 11.7 Å². The van der Waals surface area contributed by atoms with E-state index in [1.807, 2.05) is 12.1 Å². The third-order valence-corrected chi connectivity index (χ3v) is 4.51. The van der Waals surface area contributed by atoms with Crippen molar-refractivity contribution < 1.29 is 8.95 Å². The van der Waals surface area contributed by atoms with Gasteiger partial charge in [-0.05, 0) is 53.8 Å². The maximum atomic E-state index is 10.7. The Labute approximate surface area is 146 Å². The Morgan fingerprint density at radius 3 is 2.04 bits per heavy atom. The molecule has 0 unspecified atom stereocenters. The van der Waals surface area contributed by atoms with E-state index >= 15 is 0 Å². The van der Waals surface area contributed by atoms with E-state index < -0.39 is 0 Å². The highest BCUT2D eigenvalue weighted by atomic mass is 32.1. The molecule has 120 valence electrons. The van der Waals surface area contributed by atoms with Crippen LogP contribution in [0.5, 0.6) is 5.75 Å². The van der Waals surface area contributed by atoms with Crippen LogP contribution in [-0.2, 0) is 22.5 Å². The number of ether oxygens (including phenoxy) is 1. The summed E-state index contributed by atoms with van der Waals surface area (Å²) < 4.78 is 16.5. The van der Waals surface area contributed by atoms with E-state index in [0.717, 1.165) is 11.3 Å². The summed E-state index contributed by atoms with van der Waals surface area (Å²) >= 11 is 0.488. The lowest BCUT2D eigenvalue weighted by atomic mass is 9.95. The second-order valence-corrected chi connectivity index (χ2v) is 6.45. The molecule has 24 heavy (non-hydrogen) atoms. The van der Waals surface area contributed by atoms with E-state index in [1.54, 1.807) is 12.1 Å². The van der Waals surface area contributed by atoms with Gasteiger partial charge in [0.15, 0.2) is 0 Å². The van der Waals surface area contributed by atoms with Crippen molar-refractivity contribution in [1.29, 1.82) is 0 Å². The molecule has 3 heteroatoms. The van der Waals surface area contributed by atoms with Gasteiger partial charge < -0.3 is 4.74 Å². The van der Waals surface area contributed by atoms with Crippen LogP contribution in [0.15, 0.2) is 71.6 Å². The fourth-order valence-corrected chi connectivity index (χ4v) is 3.04. The van der Waals surface area contributed by atoms with Crippen molar-refractivity contribution in [1.82, 2.24) is 0 Å². The first-order valence-corrected chi connectivity index (χ1v) is 8.60. The number of hydrogen-bond acceptors (Lipinski definition) is 2. The number of rotatable bonds is 5. The van der Waals surface area contributed by atoms with Gasteiger partial charge in [0, 0.05) is 16.3 Å². The first-order chi connectivity index (χ1) is 11.7. The van der Waals surface area contributed by atoms with Gasteiger partial charge in [-0.15, -0.1) is 0 Å². The third kappa shape index (κ3) is 3.69. The zero-order chi connectivity index (χ0) is 16.9. The molecule has 0 amide bonds. The molecular weight excluding hydrogens is 316 g/mol. The first kappa shape index (κ1) is 16.3. The molecule has 0 spiro atoms. The summed E-state index contributed by atoms with van der Waals surface area (Å²) in [7, 11) is 0. The zero-order valence-corrected chi connectivity index (χ0v) is 14.6. The van der Waals surface area contributed by atoms with Gasteiger partial charge in [0.2, 0.25) is 0 Å². The maximum absolute atomic E-state index is 10.7. The minimum atomic E-state index is 0.488. The highest BCUT2D eigenvalue weighted by Gasteiger charge is 2.07. The Morgan fingerprint density at radius 1 is 0.833 bits per heavy atom. The molecule has 0 N–H and O–H groups in total. The largest absolute Gasteiger partial charge is 0.505 e. The van der Waals surface area contributed by atoms with Gasteiger partial charge in [0.25, 0.3) is 4.90 Å². The summed E-state index contributed by atoms with van der Waals surface area (Å²) in [6, 6.07) is 22.1. The number of benzene rings is 3. The van der Waals surface area contributed by atoms with Gasteiger partial charge in [-0.25, -0.2) is 0 Å². The van der Waals surface area contributed by atoms with Crippen LogP contribution < -0.4 is 4.74 Å². The number of aryl methyl sites for hydroxylation is 2. The molecule has 3 rings (SSSR count). The monoisotopic (exact) mass is 335 g/mol. The summed E-state index contributed by atoms with van der Waals surface area (Å²) in [4.78, 5) is 0.695. The van der Waals surface area contributed by atoms with Crippen molar-refractivity contribution in [3.63, 3.8) is 0 Å². The molecular formula is C21H19O2S+. The molecule has 0 saturated carbocycles. The average Bonchev–Trinajstić information content (AvgIpc) is 2.61. The molecule has 0 fully saturated rings. The Bertz CT molecular complexity index is 816. The second-order valence-electron chi connectivity index (χ2n) is 5.81. The maximum Gasteiger partial charge on any atom is 0.505 e. The summed E-state index contributed by atoms with van der Waals surface area (Å²) in [6.45, 7) is 4.79. The molecule has 0 heterocycles. The Kier molecular flexibility index (Phi) is 5.02. The quantitative estimate of drug-likeness (QED) is 0.589. The van der Waals surface area contributed by atoms with Crippen LogP contribution in [0, 0.1) is 13.8 Å². The molecule has 0 aliphatic rings. The summed E-state index contributed by atoms with van der Waals surface area (Å²) in [5, 5.41) is 0. The molecule has 0 saturated heterocycles. The Morgan fingerprint density at radius 2 is 1.46 bits per heavy atom. The first-order valence-electron chi connectivity index (χ1n) is 7.85. The van der Waals surface area contributed by atoms with Crippen molar-refractivity contribution in [2.24, 2.45) is 0 Å². The Hall–Kier alpha value is -2.52. The van der Waals surface area contributed by atoms with Crippen molar-refractivity contribution in [3.05, 3.63) is 83.4 Å². The SMILES string of the molecule is Cc1cccc(C)c1-c1ccc(COc2ccc([S+]=O)cc2)cc1. The standard InChI is InChI=1S/C21H19O2S/c1-15-4-3-5-16(2)21(15)18-8-6-17(7-9-18)14-23-19-10-12-20(24-22)13-11-19/h3-13H,14H2,1-2H3/q+1. The van der Waals surface area contributed by atoms with Gasteiger partial charge in [0.1, 0.15) is 12.4 Å². The van der Waals surface area contributed by atoms with Crippen LogP contribution in [0.3, 0.4) is 0 Å². The van der Waals surface area contributed by atoms with Gasteiger partial charge >= 0.3 is 11.7 Å². The topological polar surface area (TPSA) is 26.3 Å². The van der Waals surface area contributed by atoms with Gasteiger partial charge in [0.05, 0.1) is 0 Å². The van der Waals surface area contributed by atoms with Crippen LogP contribution in [0.1, 0.15) is 16.7 Å². The van der Waals surface area contributed by atoms with E-state index in [2.05, 4.69) is 56.3 Å². The van der Waals surface area contributed by atoms with Gasteiger partial charge in [-0.2, -0.15) is 0 Å². The predicted molar refractivity (Wildman–Crippen MR) is 98.4 cm³/mol. The lowest BCUT2D eigenvalue weighted by Gasteiger charge is -2.11. The molecule has 0 aromatic heterocycles. The van der Waals surface area contributed by atoms with Crippen molar-refractivity contribution in [2.75, 3.05) is 0 Å². The average molecular weight is 335 g/mol.